The van der Waals surface area contributed by atoms with Crippen molar-refractivity contribution >= 4 is 11.9 Å². The Hall–Kier alpha value is -3.10. The minimum absolute atomic E-state index is 0.113. The molecule has 2 aromatic rings. The molecule has 8 nitrogen and oxygen atoms in total. The van der Waals surface area contributed by atoms with Gasteiger partial charge in [-0.15, -0.1) is 0 Å². The first-order valence-corrected chi connectivity index (χ1v) is 12.6. The smallest absolute Gasteiger partial charge is 0.384 e. The van der Waals surface area contributed by atoms with E-state index in [9.17, 15) is 19.8 Å². The zero-order valence-electron chi connectivity index (χ0n) is 21.4. The summed E-state index contributed by atoms with van der Waals surface area (Å²) in [6.45, 7) is 6.05. The lowest BCUT2D eigenvalue weighted by atomic mass is 10.1. The molecule has 0 heterocycles. The van der Waals surface area contributed by atoms with Crippen LogP contribution in [0.4, 0.5) is 0 Å². The lowest BCUT2D eigenvalue weighted by Crippen LogP contribution is -2.35. The average Bonchev–Trinajstić information content (AvgIpc) is 2.87. The van der Waals surface area contributed by atoms with Gasteiger partial charge in [-0.3, -0.25) is 0 Å². The molecule has 0 saturated heterocycles. The van der Waals surface area contributed by atoms with E-state index in [2.05, 4.69) is 6.92 Å². The van der Waals surface area contributed by atoms with Crippen LogP contribution >= 0.6 is 0 Å². The van der Waals surface area contributed by atoms with E-state index in [1.54, 1.807) is 31.2 Å². The van der Waals surface area contributed by atoms with Gasteiger partial charge in [0.1, 0.15) is 11.5 Å². The summed E-state index contributed by atoms with van der Waals surface area (Å²) >= 11 is 0. The molecule has 8 heteroatoms. The molecular formula is C28H38O8. The molecular weight excluding hydrogens is 464 g/mol. The van der Waals surface area contributed by atoms with Crippen LogP contribution < -0.4 is 0 Å². The summed E-state index contributed by atoms with van der Waals surface area (Å²) in [4.78, 5) is 35.2. The van der Waals surface area contributed by atoms with E-state index in [1.165, 1.54) is 24.3 Å². The molecule has 2 N–H and O–H groups in total. The Morgan fingerprint density at radius 3 is 1.75 bits per heavy atom. The lowest BCUT2D eigenvalue weighted by Gasteiger charge is -2.21. The maximum absolute atomic E-state index is 12.9. The topological polar surface area (TPSA) is 112 Å². The van der Waals surface area contributed by atoms with Crippen LogP contribution in [0.2, 0.25) is 0 Å². The molecule has 0 radical (unpaired) electrons. The fraction of sp³-hybridized carbons (Fsp3) is 0.500. The molecule has 0 aliphatic carbocycles. The van der Waals surface area contributed by atoms with Crippen molar-refractivity contribution < 1.29 is 39.1 Å². The molecule has 3 atom stereocenters. The molecule has 0 aromatic heterocycles. The van der Waals surface area contributed by atoms with Gasteiger partial charge in [-0.1, -0.05) is 56.9 Å². The van der Waals surface area contributed by atoms with Gasteiger partial charge in [0.2, 0.25) is 0 Å². The quantitative estimate of drug-likeness (QED) is 0.198. The third-order valence-electron chi connectivity index (χ3n) is 5.68. The van der Waals surface area contributed by atoms with Crippen molar-refractivity contribution in [3.05, 3.63) is 59.7 Å². The molecule has 0 bridgehead atoms. The minimum Gasteiger partial charge on any atom is -0.508 e. The number of benzene rings is 2. The predicted molar refractivity (Wildman–Crippen MR) is 134 cm³/mol. The predicted octanol–water partition coefficient (Wildman–Crippen LogP) is 5.03. The van der Waals surface area contributed by atoms with Crippen molar-refractivity contribution in [3.8, 4) is 11.5 Å². The van der Waals surface area contributed by atoms with Gasteiger partial charge in [0, 0.05) is 19.4 Å². The van der Waals surface area contributed by atoms with Gasteiger partial charge >= 0.3 is 11.9 Å². The van der Waals surface area contributed by atoms with Gasteiger partial charge in [0.05, 0.1) is 6.10 Å². The largest absolute Gasteiger partial charge is 0.508 e. The van der Waals surface area contributed by atoms with Crippen molar-refractivity contribution in [1.82, 2.24) is 0 Å². The number of carbonyl (C=O) groups is 2. The zero-order valence-corrected chi connectivity index (χ0v) is 21.4. The number of phenolic OH excluding ortho intramolecular Hbond substituents is 2. The number of carbonyl (C=O) groups excluding carboxylic acids is 2. The molecule has 0 saturated carbocycles. The van der Waals surface area contributed by atoms with Crippen LogP contribution in [-0.4, -0.2) is 47.1 Å². The fourth-order valence-corrected chi connectivity index (χ4v) is 3.69. The van der Waals surface area contributed by atoms with Crippen LogP contribution in [0.3, 0.4) is 0 Å². The number of phenols is 2. The van der Waals surface area contributed by atoms with Crippen LogP contribution in [0, 0.1) is 0 Å². The second-order valence-corrected chi connectivity index (χ2v) is 8.77. The molecule has 0 fully saturated rings. The van der Waals surface area contributed by atoms with Crippen molar-refractivity contribution in [1.29, 1.82) is 0 Å². The molecule has 36 heavy (non-hydrogen) atoms. The summed E-state index contributed by atoms with van der Waals surface area (Å²) < 4.78 is 11.5. The lowest BCUT2D eigenvalue weighted by molar-refractivity contribution is -0.272. The Balaban J connectivity index is 2.00. The number of unbranched alkanes of at least 4 members (excludes halogenated alkanes) is 3. The Labute approximate surface area is 213 Å². The summed E-state index contributed by atoms with van der Waals surface area (Å²) in [7, 11) is 0. The monoisotopic (exact) mass is 502 g/mol. The second-order valence-electron chi connectivity index (χ2n) is 8.77. The Kier molecular flexibility index (Phi) is 12.8. The number of ether oxygens (including phenoxy) is 2. The van der Waals surface area contributed by atoms with Crippen LogP contribution in [-0.2, 0) is 41.7 Å². The van der Waals surface area contributed by atoms with E-state index < -0.39 is 24.1 Å². The highest BCUT2D eigenvalue weighted by atomic mass is 17.2. The summed E-state index contributed by atoms with van der Waals surface area (Å²) in [6, 6.07) is 12.8. The minimum atomic E-state index is -0.994. The van der Waals surface area contributed by atoms with Crippen LogP contribution in [0.5, 0.6) is 11.5 Å². The normalized spacial score (nSPS) is 13.5. The van der Waals surface area contributed by atoms with Crippen LogP contribution in [0.25, 0.3) is 0 Å². The van der Waals surface area contributed by atoms with Gasteiger partial charge in [-0.2, -0.15) is 0 Å². The number of hydrogen-bond donors (Lipinski definition) is 2. The highest BCUT2D eigenvalue weighted by Gasteiger charge is 2.29. The van der Waals surface area contributed by atoms with Crippen molar-refractivity contribution in [2.45, 2.75) is 84.0 Å². The van der Waals surface area contributed by atoms with E-state index in [1.807, 2.05) is 6.92 Å². The zero-order chi connectivity index (χ0) is 26.3. The first kappa shape index (κ1) is 29.1. The highest BCUT2D eigenvalue weighted by Crippen LogP contribution is 2.18. The van der Waals surface area contributed by atoms with Gasteiger partial charge in [0.25, 0.3) is 0 Å². The number of rotatable bonds is 15. The van der Waals surface area contributed by atoms with E-state index in [0.717, 1.165) is 43.2 Å². The Morgan fingerprint density at radius 1 is 0.750 bits per heavy atom. The molecule has 0 unspecified atom stereocenters. The van der Waals surface area contributed by atoms with Gasteiger partial charge < -0.3 is 19.7 Å². The van der Waals surface area contributed by atoms with Crippen molar-refractivity contribution in [2.24, 2.45) is 0 Å². The Bertz CT molecular complexity index is 910. The SMILES string of the molecule is CCCCCC[C@@H](C)O[C@H](Cc1ccc(O)cc1)C(=O)OOC(=O)[C@H](Cc1ccc(O)cc1)OCC. The van der Waals surface area contributed by atoms with Gasteiger partial charge in [-0.25, -0.2) is 19.4 Å². The van der Waals surface area contributed by atoms with Crippen molar-refractivity contribution in [2.75, 3.05) is 6.61 Å². The summed E-state index contributed by atoms with van der Waals surface area (Å²) in [5.41, 5.74) is 1.51. The Morgan fingerprint density at radius 2 is 1.25 bits per heavy atom. The fourth-order valence-electron chi connectivity index (χ4n) is 3.69. The van der Waals surface area contributed by atoms with Crippen molar-refractivity contribution in [3.63, 3.8) is 0 Å². The highest BCUT2D eigenvalue weighted by molar-refractivity contribution is 5.78. The van der Waals surface area contributed by atoms with E-state index in [0.29, 0.717) is 0 Å². The molecule has 0 aliphatic rings. The number of aromatic hydroxyl groups is 2. The third-order valence-corrected chi connectivity index (χ3v) is 5.68. The van der Waals surface area contributed by atoms with Crippen LogP contribution in [0.15, 0.2) is 48.5 Å². The maximum Gasteiger partial charge on any atom is 0.384 e. The standard InChI is InChI=1S/C28H38O8/c1-4-6-7-8-9-20(3)34-26(19-22-12-16-24(30)17-13-22)28(32)36-35-27(31)25(33-5-2)18-21-10-14-23(29)15-11-21/h10-17,20,25-26,29-30H,4-9,18-19H2,1-3H3/t20-,25+,26-/m1/s1. The van der Waals surface area contributed by atoms with Crippen LogP contribution in [0.1, 0.15) is 64.0 Å². The molecule has 0 aliphatic heterocycles. The molecule has 2 aromatic carbocycles. The van der Waals surface area contributed by atoms with E-state index in [4.69, 9.17) is 19.2 Å². The maximum atomic E-state index is 12.9. The van der Waals surface area contributed by atoms with Gasteiger partial charge in [-0.05, 0) is 55.7 Å². The molecule has 198 valence electrons. The summed E-state index contributed by atoms with van der Waals surface area (Å²) in [6.07, 6.45) is 3.35. The van der Waals surface area contributed by atoms with E-state index in [-0.39, 0.29) is 37.1 Å². The number of hydrogen-bond acceptors (Lipinski definition) is 8. The first-order valence-electron chi connectivity index (χ1n) is 12.6. The summed E-state index contributed by atoms with van der Waals surface area (Å²) in [5, 5.41) is 19.0. The second kappa shape index (κ2) is 15.8. The summed E-state index contributed by atoms with van der Waals surface area (Å²) in [5.74, 6) is -1.43. The molecule has 0 amide bonds. The first-order chi connectivity index (χ1) is 17.3. The average molecular weight is 503 g/mol. The molecule has 0 spiro atoms. The van der Waals surface area contributed by atoms with E-state index >= 15 is 0 Å². The third kappa shape index (κ3) is 10.7. The van der Waals surface area contributed by atoms with Gasteiger partial charge in [0.15, 0.2) is 12.2 Å². The molecule has 2 rings (SSSR count).